The molecule has 110 valence electrons. The van der Waals surface area contributed by atoms with Crippen molar-refractivity contribution >= 4 is 45.8 Å². The van der Waals surface area contributed by atoms with Crippen LogP contribution in [0.4, 0.5) is 5.69 Å². The van der Waals surface area contributed by atoms with Crippen LogP contribution < -0.4 is 15.8 Å². The van der Waals surface area contributed by atoms with Gasteiger partial charge in [0.1, 0.15) is 12.4 Å². The summed E-state index contributed by atoms with van der Waals surface area (Å²) in [6.07, 6.45) is 0. The quantitative estimate of drug-likeness (QED) is 0.733. The zero-order valence-corrected chi connectivity index (χ0v) is 14.0. The maximum atomic E-state index is 12.3. The minimum atomic E-state index is -0.210. The number of ether oxygens (including phenoxy) is 1. The molecule has 0 aliphatic rings. The first-order valence-electron chi connectivity index (χ1n) is 6.29. The fraction of sp³-hybridized carbons (Fsp3) is 0.133. The summed E-state index contributed by atoms with van der Waals surface area (Å²) in [6, 6.07) is 12.4. The van der Waals surface area contributed by atoms with E-state index < -0.39 is 0 Å². The summed E-state index contributed by atoms with van der Waals surface area (Å²) < 4.78 is 6.27. The van der Waals surface area contributed by atoms with Crippen LogP contribution >= 0.6 is 34.2 Å². The van der Waals surface area contributed by atoms with Gasteiger partial charge in [0.05, 0.1) is 5.56 Å². The molecular weight excluding hydrogens is 403 g/mol. The monoisotopic (exact) mass is 416 g/mol. The van der Waals surface area contributed by atoms with Crippen LogP contribution in [-0.4, -0.2) is 19.1 Å². The van der Waals surface area contributed by atoms with Gasteiger partial charge in [0.25, 0.3) is 5.91 Å². The Balaban J connectivity index is 2.14. The van der Waals surface area contributed by atoms with Crippen molar-refractivity contribution in [3.05, 3.63) is 56.6 Å². The molecule has 4 nitrogen and oxygen atoms in total. The molecule has 21 heavy (non-hydrogen) atoms. The minimum absolute atomic E-state index is 0.210. The number of nitrogens with two attached hydrogens (primary N) is 1. The number of hydrogen-bond donors (Lipinski definition) is 2. The number of anilines is 1. The van der Waals surface area contributed by atoms with Gasteiger partial charge in [-0.1, -0.05) is 17.7 Å². The number of nitrogens with one attached hydrogen (secondary N) is 1. The van der Waals surface area contributed by atoms with Crippen LogP contribution in [0.3, 0.4) is 0 Å². The van der Waals surface area contributed by atoms with E-state index in [1.54, 1.807) is 30.3 Å². The van der Waals surface area contributed by atoms with Crippen LogP contribution in [0.2, 0.25) is 5.02 Å². The molecule has 6 heteroatoms. The van der Waals surface area contributed by atoms with Crippen LogP contribution in [-0.2, 0) is 0 Å². The molecule has 1 amide bonds. The van der Waals surface area contributed by atoms with E-state index >= 15 is 0 Å². The predicted octanol–water partition coefficient (Wildman–Crippen LogP) is 3.53. The number of rotatable bonds is 5. The van der Waals surface area contributed by atoms with Crippen molar-refractivity contribution in [2.75, 3.05) is 18.5 Å². The number of hydrogen-bond acceptors (Lipinski definition) is 3. The molecule has 2 aromatic carbocycles. The van der Waals surface area contributed by atoms with Gasteiger partial charge in [0.15, 0.2) is 0 Å². The normalized spacial score (nSPS) is 10.2. The van der Waals surface area contributed by atoms with Crippen molar-refractivity contribution in [1.29, 1.82) is 0 Å². The Morgan fingerprint density at radius 1 is 1.29 bits per heavy atom. The molecule has 0 atom stereocenters. The van der Waals surface area contributed by atoms with Crippen molar-refractivity contribution in [2.45, 2.75) is 0 Å². The van der Waals surface area contributed by atoms with Gasteiger partial charge in [0.2, 0.25) is 0 Å². The first kappa shape index (κ1) is 16.1. The first-order chi connectivity index (χ1) is 10.1. The average molecular weight is 417 g/mol. The molecule has 0 unspecified atom stereocenters. The summed E-state index contributed by atoms with van der Waals surface area (Å²) in [6.45, 7) is 0.876. The van der Waals surface area contributed by atoms with Crippen LogP contribution in [0.15, 0.2) is 42.5 Å². The third-order valence-electron chi connectivity index (χ3n) is 2.65. The van der Waals surface area contributed by atoms with Crippen LogP contribution in [0.5, 0.6) is 5.75 Å². The molecule has 0 heterocycles. The van der Waals surface area contributed by atoms with Gasteiger partial charge in [-0.15, -0.1) is 0 Å². The van der Waals surface area contributed by atoms with Gasteiger partial charge in [-0.25, -0.2) is 0 Å². The predicted molar refractivity (Wildman–Crippen MR) is 93.1 cm³/mol. The van der Waals surface area contributed by atoms with Crippen molar-refractivity contribution in [3.63, 3.8) is 0 Å². The number of carbonyl (C=O) groups is 1. The van der Waals surface area contributed by atoms with Crippen LogP contribution in [0.25, 0.3) is 0 Å². The summed E-state index contributed by atoms with van der Waals surface area (Å²) >= 11 is 8.03. The van der Waals surface area contributed by atoms with Gasteiger partial charge >= 0.3 is 0 Å². The summed E-state index contributed by atoms with van der Waals surface area (Å²) in [7, 11) is 0. The van der Waals surface area contributed by atoms with E-state index in [1.807, 2.05) is 12.1 Å². The van der Waals surface area contributed by atoms with Gasteiger partial charge < -0.3 is 15.8 Å². The second kappa shape index (κ2) is 7.63. The molecule has 0 spiro atoms. The van der Waals surface area contributed by atoms with E-state index in [1.165, 1.54) is 0 Å². The zero-order valence-electron chi connectivity index (χ0n) is 11.1. The Morgan fingerprint density at radius 2 is 2.10 bits per heavy atom. The highest BCUT2D eigenvalue weighted by Crippen LogP contribution is 2.21. The SMILES string of the molecule is NCCOc1cccc(NC(=O)c2cc(Cl)ccc2I)c1. The Morgan fingerprint density at radius 3 is 2.86 bits per heavy atom. The first-order valence-corrected chi connectivity index (χ1v) is 7.75. The minimum Gasteiger partial charge on any atom is -0.492 e. The van der Waals surface area contributed by atoms with Crippen molar-refractivity contribution < 1.29 is 9.53 Å². The molecule has 0 radical (unpaired) electrons. The van der Waals surface area contributed by atoms with Gasteiger partial charge in [-0.05, 0) is 52.9 Å². The molecule has 2 aromatic rings. The van der Waals surface area contributed by atoms with E-state index in [0.717, 1.165) is 3.57 Å². The highest BCUT2D eigenvalue weighted by atomic mass is 127. The molecule has 0 bridgehead atoms. The Kier molecular flexibility index (Phi) is 5.84. The molecule has 2 rings (SSSR count). The maximum Gasteiger partial charge on any atom is 0.256 e. The number of carbonyl (C=O) groups excluding carboxylic acids is 1. The summed E-state index contributed by atoms with van der Waals surface area (Å²) in [5, 5.41) is 3.36. The van der Waals surface area contributed by atoms with Crippen LogP contribution in [0, 0.1) is 3.57 Å². The van der Waals surface area contributed by atoms with Gasteiger partial charge in [0, 0.05) is 26.9 Å². The second-order valence-corrected chi connectivity index (χ2v) is 5.84. The van der Waals surface area contributed by atoms with Crippen molar-refractivity contribution in [3.8, 4) is 5.75 Å². The highest BCUT2D eigenvalue weighted by Gasteiger charge is 2.11. The molecule has 0 aliphatic heterocycles. The maximum absolute atomic E-state index is 12.3. The summed E-state index contributed by atoms with van der Waals surface area (Å²) in [4.78, 5) is 12.3. The second-order valence-electron chi connectivity index (χ2n) is 4.24. The van der Waals surface area contributed by atoms with E-state index in [9.17, 15) is 4.79 Å². The molecular formula is C15H14ClIN2O2. The smallest absolute Gasteiger partial charge is 0.256 e. The van der Waals surface area contributed by atoms with Gasteiger partial charge in [-0.2, -0.15) is 0 Å². The number of amides is 1. The molecule has 3 N–H and O–H groups in total. The lowest BCUT2D eigenvalue weighted by molar-refractivity contribution is 0.102. The molecule has 0 saturated heterocycles. The fourth-order valence-corrected chi connectivity index (χ4v) is 2.46. The molecule has 0 fully saturated rings. The summed E-state index contributed by atoms with van der Waals surface area (Å²) in [5.41, 5.74) is 6.59. The summed E-state index contributed by atoms with van der Waals surface area (Å²) in [5.74, 6) is 0.455. The third-order valence-corrected chi connectivity index (χ3v) is 3.83. The van der Waals surface area contributed by atoms with Crippen molar-refractivity contribution in [2.24, 2.45) is 5.73 Å². The lowest BCUT2D eigenvalue weighted by atomic mass is 10.2. The molecule has 0 aromatic heterocycles. The number of benzene rings is 2. The largest absolute Gasteiger partial charge is 0.492 e. The van der Waals surface area contributed by atoms with E-state index in [4.69, 9.17) is 22.1 Å². The third kappa shape index (κ3) is 4.59. The highest BCUT2D eigenvalue weighted by molar-refractivity contribution is 14.1. The lowest BCUT2D eigenvalue weighted by Gasteiger charge is -2.09. The lowest BCUT2D eigenvalue weighted by Crippen LogP contribution is -2.14. The standard InChI is InChI=1S/C15H14ClIN2O2/c16-10-4-5-14(17)13(8-10)15(20)19-11-2-1-3-12(9-11)21-7-6-18/h1-5,8-9H,6-7,18H2,(H,19,20). The number of halogens is 2. The van der Waals surface area contributed by atoms with Gasteiger partial charge in [-0.3, -0.25) is 4.79 Å². The molecule has 0 saturated carbocycles. The van der Waals surface area contributed by atoms with E-state index in [2.05, 4.69) is 27.9 Å². The van der Waals surface area contributed by atoms with Crippen LogP contribution in [0.1, 0.15) is 10.4 Å². The van der Waals surface area contributed by atoms with E-state index in [-0.39, 0.29) is 5.91 Å². The Bertz CT molecular complexity index is 649. The Hall–Kier alpha value is -1.31. The van der Waals surface area contributed by atoms with E-state index in [0.29, 0.717) is 35.2 Å². The average Bonchev–Trinajstić information content (AvgIpc) is 2.48. The zero-order chi connectivity index (χ0) is 15.2. The molecule has 0 aliphatic carbocycles. The van der Waals surface area contributed by atoms with Crippen molar-refractivity contribution in [1.82, 2.24) is 0 Å². The topological polar surface area (TPSA) is 64.3 Å². The fourth-order valence-electron chi connectivity index (χ4n) is 1.71. The Labute approximate surface area is 141 Å².